The van der Waals surface area contributed by atoms with E-state index in [1.54, 1.807) is 25.2 Å². The SMILES string of the molecule is CN(CCOc1ccccc1F)C(=O)C1CCN(S(=O)(=O)c2c(Cl)cccc2Cl)CC1. The van der Waals surface area contributed by atoms with E-state index in [1.807, 2.05) is 0 Å². The van der Waals surface area contributed by atoms with Crippen molar-refractivity contribution in [1.82, 2.24) is 9.21 Å². The van der Waals surface area contributed by atoms with Crippen molar-refractivity contribution >= 4 is 39.1 Å². The van der Waals surface area contributed by atoms with Gasteiger partial charge in [-0.15, -0.1) is 0 Å². The van der Waals surface area contributed by atoms with E-state index in [-0.39, 0.29) is 52.2 Å². The Bertz CT molecular complexity index is 1020. The van der Waals surface area contributed by atoms with Crippen molar-refractivity contribution in [2.75, 3.05) is 33.3 Å². The summed E-state index contributed by atoms with van der Waals surface area (Å²) >= 11 is 12.1. The summed E-state index contributed by atoms with van der Waals surface area (Å²) in [5.74, 6) is -0.708. The number of likely N-dealkylation sites (N-methyl/N-ethyl adjacent to an activating group) is 1. The van der Waals surface area contributed by atoms with Gasteiger partial charge in [0.15, 0.2) is 11.6 Å². The van der Waals surface area contributed by atoms with Crippen LogP contribution in [0.3, 0.4) is 0 Å². The third kappa shape index (κ3) is 5.49. The molecule has 3 rings (SSSR count). The number of hydrogen-bond acceptors (Lipinski definition) is 4. The van der Waals surface area contributed by atoms with Crippen LogP contribution >= 0.6 is 23.2 Å². The van der Waals surface area contributed by atoms with Gasteiger partial charge in [-0.1, -0.05) is 41.4 Å². The van der Waals surface area contributed by atoms with E-state index in [4.69, 9.17) is 27.9 Å². The number of piperidine rings is 1. The van der Waals surface area contributed by atoms with E-state index in [0.717, 1.165) is 0 Å². The Morgan fingerprint density at radius 3 is 2.35 bits per heavy atom. The molecule has 0 bridgehead atoms. The molecule has 0 radical (unpaired) electrons. The van der Waals surface area contributed by atoms with Gasteiger partial charge >= 0.3 is 0 Å². The van der Waals surface area contributed by atoms with E-state index in [1.165, 1.54) is 33.5 Å². The molecule has 0 atom stereocenters. The lowest BCUT2D eigenvalue weighted by Crippen LogP contribution is -2.44. The number of para-hydroxylation sites is 1. The highest BCUT2D eigenvalue weighted by molar-refractivity contribution is 7.89. The fourth-order valence-electron chi connectivity index (χ4n) is 3.48. The maximum Gasteiger partial charge on any atom is 0.246 e. The van der Waals surface area contributed by atoms with Crippen molar-refractivity contribution in [2.45, 2.75) is 17.7 Å². The van der Waals surface area contributed by atoms with Crippen LogP contribution < -0.4 is 4.74 Å². The first-order chi connectivity index (χ1) is 14.7. The summed E-state index contributed by atoms with van der Waals surface area (Å²) in [6.45, 7) is 0.835. The third-order valence-electron chi connectivity index (χ3n) is 5.22. The van der Waals surface area contributed by atoms with Crippen molar-refractivity contribution in [3.05, 3.63) is 58.3 Å². The first-order valence-electron chi connectivity index (χ1n) is 9.78. The normalized spacial score (nSPS) is 15.6. The van der Waals surface area contributed by atoms with Gasteiger partial charge in [-0.3, -0.25) is 4.79 Å². The lowest BCUT2D eigenvalue weighted by atomic mass is 9.97. The molecule has 0 saturated carbocycles. The van der Waals surface area contributed by atoms with Gasteiger partial charge in [0.25, 0.3) is 0 Å². The van der Waals surface area contributed by atoms with Crippen LogP contribution in [0, 0.1) is 11.7 Å². The quantitative estimate of drug-likeness (QED) is 0.588. The Morgan fingerprint density at radius 2 is 1.74 bits per heavy atom. The fraction of sp³-hybridized carbons (Fsp3) is 0.381. The highest BCUT2D eigenvalue weighted by Crippen LogP contribution is 2.33. The second-order valence-corrected chi connectivity index (χ2v) is 9.96. The number of hydrogen-bond donors (Lipinski definition) is 0. The minimum absolute atomic E-state index is 0.0697. The fourth-order valence-corrected chi connectivity index (χ4v) is 6.04. The molecule has 10 heteroatoms. The minimum Gasteiger partial charge on any atom is -0.489 e. The zero-order chi connectivity index (χ0) is 22.6. The summed E-state index contributed by atoms with van der Waals surface area (Å²) in [5.41, 5.74) is 0. The summed E-state index contributed by atoms with van der Waals surface area (Å²) < 4.78 is 46.2. The average Bonchev–Trinajstić information content (AvgIpc) is 2.74. The smallest absolute Gasteiger partial charge is 0.246 e. The standard InChI is InChI=1S/C21H23Cl2FN2O4S/c1-25(13-14-30-19-8-3-2-7-18(19)24)21(27)15-9-11-26(12-10-15)31(28,29)20-16(22)5-4-6-17(20)23/h2-8,15H,9-14H2,1H3. The molecule has 1 amide bonds. The van der Waals surface area contributed by atoms with Gasteiger partial charge in [-0.05, 0) is 37.1 Å². The van der Waals surface area contributed by atoms with Crippen LogP contribution in [0.4, 0.5) is 4.39 Å². The number of nitrogens with zero attached hydrogens (tertiary/aromatic N) is 2. The average molecular weight is 489 g/mol. The van der Waals surface area contributed by atoms with Crippen LogP contribution in [0.25, 0.3) is 0 Å². The van der Waals surface area contributed by atoms with Gasteiger partial charge in [-0.2, -0.15) is 4.31 Å². The zero-order valence-corrected chi connectivity index (χ0v) is 19.3. The first kappa shape index (κ1) is 23.8. The highest BCUT2D eigenvalue weighted by Gasteiger charge is 2.35. The molecule has 2 aromatic rings. The summed E-state index contributed by atoms with van der Waals surface area (Å²) in [6, 6.07) is 10.6. The van der Waals surface area contributed by atoms with Gasteiger partial charge in [0.2, 0.25) is 15.9 Å². The molecular formula is C21H23Cl2FN2O4S. The summed E-state index contributed by atoms with van der Waals surface area (Å²) in [4.78, 5) is 14.2. The molecule has 6 nitrogen and oxygen atoms in total. The second kappa shape index (κ2) is 10.2. The van der Waals surface area contributed by atoms with Gasteiger partial charge in [-0.25, -0.2) is 12.8 Å². The molecule has 1 aliphatic rings. The van der Waals surface area contributed by atoms with Gasteiger partial charge < -0.3 is 9.64 Å². The van der Waals surface area contributed by atoms with Crippen LogP contribution in [-0.2, 0) is 14.8 Å². The number of carbonyl (C=O) groups excluding carboxylic acids is 1. The lowest BCUT2D eigenvalue weighted by Gasteiger charge is -2.32. The number of rotatable bonds is 7. The van der Waals surface area contributed by atoms with Crippen LogP contribution in [0.5, 0.6) is 5.75 Å². The third-order valence-corrected chi connectivity index (χ3v) is 8.07. The molecule has 0 spiro atoms. The van der Waals surface area contributed by atoms with Gasteiger partial charge in [0, 0.05) is 26.1 Å². The number of sulfonamides is 1. The van der Waals surface area contributed by atoms with Gasteiger partial charge in [0.05, 0.1) is 16.6 Å². The molecule has 2 aromatic carbocycles. The number of amides is 1. The van der Waals surface area contributed by atoms with Crippen molar-refractivity contribution in [1.29, 1.82) is 0 Å². The molecule has 0 aromatic heterocycles. The van der Waals surface area contributed by atoms with E-state index >= 15 is 0 Å². The van der Waals surface area contributed by atoms with Crippen molar-refractivity contribution in [2.24, 2.45) is 5.92 Å². The molecule has 1 aliphatic heterocycles. The van der Waals surface area contributed by atoms with E-state index in [0.29, 0.717) is 19.4 Å². The predicted molar refractivity (Wildman–Crippen MR) is 117 cm³/mol. The van der Waals surface area contributed by atoms with Crippen LogP contribution in [0.1, 0.15) is 12.8 Å². The van der Waals surface area contributed by atoms with Crippen LogP contribution in [0.2, 0.25) is 10.0 Å². The highest BCUT2D eigenvalue weighted by atomic mass is 35.5. The minimum atomic E-state index is -3.85. The molecular weight excluding hydrogens is 466 g/mol. The van der Waals surface area contributed by atoms with Crippen LogP contribution in [0.15, 0.2) is 47.4 Å². The molecule has 0 unspecified atom stereocenters. The Kier molecular flexibility index (Phi) is 7.80. The Morgan fingerprint density at radius 1 is 1.13 bits per heavy atom. The van der Waals surface area contributed by atoms with Crippen molar-refractivity contribution in [3.63, 3.8) is 0 Å². The lowest BCUT2D eigenvalue weighted by molar-refractivity contribution is -0.135. The molecule has 31 heavy (non-hydrogen) atoms. The summed E-state index contributed by atoms with van der Waals surface area (Å²) in [6.07, 6.45) is 0.775. The predicted octanol–water partition coefficient (Wildman–Crippen LogP) is 4.07. The summed E-state index contributed by atoms with van der Waals surface area (Å²) in [5, 5.41) is 0.139. The molecule has 168 valence electrons. The molecule has 1 heterocycles. The number of carbonyl (C=O) groups is 1. The maximum atomic E-state index is 13.6. The molecule has 1 fully saturated rings. The number of halogens is 3. The molecule has 0 N–H and O–H groups in total. The van der Waals surface area contributed by atoms with Crippen molar-refractivity contribution < 1.29 is 22.3 Å². The molecule has 1 saturated heterocycles. The van der Waals surface area contributed by atoms with E-state index < -0.39 is 15.8 Å². The van der Waals surface area contributed by atoms with Crippen LogP contribution in [-0.4, -0.2) is 56.8 Å². The monoisotopic (exact) mass is 488 g/mol. The first-order valence-corrected chi connectivity index (χ1v) is 12.0. The Labute approximate surface area is 191 Å². The Balaban J connectivity index is 1.54. The maximum absolute atomic E-state index is 13.6. The largest absolute Gasteiger partial charge is 0.489 e. The number of benzene rings is 2. The van der Waals surface area contributed by atoms with Gasteiger partial charge in [0.1, 0.15) is 11.5 Å². The van der Waals surface area contributed by atoms with Crippen molar-refractivity contribution in [3.8, 4) is 5.75 Å². The summed E-state index contributed by atoms with van der Waals surface area (Å²) in [7, 11) is -2.20. The Hall–Kier alpha value is -1.87. The molecule has 0 aliphatic carbocycles. The van der Waals surface area contributed by atoms with E-state index in [9.17, 15) is 17.6 Å². The topological polar surface area (TPSA) is 66.9 Å². The second-order valence-electron chi connectivity index (χ2n) is 7.27. The zero-order valence-electron chi connectivity index (χ0n) is 16.9. The van der Waals surface area contributed by atoms with E-state index in [2.05, 4.69) is 0 Å². The number of ether oxygens (including phenoxy) is 1.